The van der Waals surface area contributed by atoms with Crippen LogP contribution in [0.15, 0.2) is 48.7 Å². The maximum absolute atomic E-state index is 12.8. The summed E-state index contributed by atoms with van der Waals surface area (Å²) in [4.78, 5) is 19.3. The third-order valence-corrected chi connectivity index (χ3v) is 4.77. The molecule has 3 heterocycles. The normalized spacial score (nSPS) is 17.0. The maximum Gasteiger partial charge on any atom is 0.416 e. The van der Waals surface area contributed by atoms with Crippen molar-refractivity contribution in [1.29, 1.82) is 0 Å². The molecule has 1 amide bonds. The molecule has 146 valence electrons. The van der Waals surface area contributed by atoms with Crippen LogP contribution in [0.25, 0.3) is 6.08 Å². The van der Waals surface area contributed by atoms with Gasteiger partial charge in [0.2, 0.25) is 0 Å². The molecule has 0 bridgehead atoms. The molecule has 1 aromatic carbocycles. The molecule has 8 heteroatoms. The first kappa shape index (κ1) is 18.4. The molecule has 0 unspecified atom stereocenters. The van der Waals surface area contributed by atoms with E-state index in [0.29, 0.717) is 49.2 Å². The van der Waals surface area contributed by atoms with Crippen molar-refractivity contribution in [3.05, 3.63) is 65.5 Å². The van der Waals surface area contributed by atoms with Gasteiger partial charge in [0.15, 0.2) is 0 Å². The van der Waals surface area contributed by atoms with E-state index in [4.69, 9.17) is 4.74 Å². The van der Waals surface area contributed by atoms with E-state index in [1.165, 1.54) is 12.1 Å². The monoisotopic (exact) mass is 389 g/mol. The van der Waals surface area contributed by atoms with Gasteiger partial charge in [-0.2, -0.15) is 13.2 Å². The molecular weight excluding hydrogens is 371 g/mol. The van der Waals surface area contributed by atoms with Crippen molar-refractivity contribution in [2.24, 2.45) is 0 Å². The summed E-state index contributed by atoms with van der Waals surface area (Å²) in [5, 5.41) is 0. The quantitative estimate of drug-likeness (QED) is 0.838. The second-order valence-corrected chi connectivity index (χ2v) is 6.60. The lowest BCUT2D eigenvalue weighted by molar-refractivity contribution is -0.137. The van der Waals surface area contributed by atoms with Crippen molar-refractivity contribution in [1.82, 2.24) is 9.88 Å². The zero-order valence-corrected chi connectivity index (χ0v) is 14.9. The third-order valence-electron chi connectivity index (χ3n) is 4.77. The summed E-state index contributed by atoms with van der Waals surface area (Å²) < 4.78 is 43.8. The van der Waals surface area contributed by atoms with Crippen LogP contribution >= 0.6 is 0 Å². The molecular formula is C20H18F3N3O2. The number of anilines is 2. The number of benzene rings is 1. The highest BCUT2D eigenvalue weighted by Crippen LogP contribution is 2.38. The van der Waals surface area contributed by atoms with E-state index >= 15 is 0 Å². The minimum Gasteiger partial charge on any atom is -0.378 e. The molecule has 28 heavy (non-hydrogen) atoms. The number of aromatic amines is 1. The number of amides is 1. The molecule has 1 aromatic heterocycles. The van der Waals surface area contributed by atoms with E-state index in [2.05, 4.69) is 11.6 Å². The number of fused-ring (bicyclic) bond motifs is 1. The summed E-state index contributed by atoms with van der Waals surface area (Å²) in [5.74, 6) is 0.466. The first-order valence-electron chi connectivity index (χ1n) is 8.79. The molecule has 0 radical (unpaired) electrons. The number of alkyl halides is 3. The lowest BCUT2D eigenvalue weighted by Gasteiger charge is -2.28. The number of halogens is 3. The fourth-order valence-corrected chi connectivity index (χ4v) is 3.32. The highest BCUT2D eigenvalue weighted by Gasteiger charge is 2.31. The molecule has 1 fully saturated rings. The van der Waals surface area contributed by atoms with Gasteiger partial charge in [-0.3, -0.25) is 9.69 Å². The van der Waals surface area contributed by atoms with Crippen LogP contribution in [0.1, 0.15) is 21.6 Å². The summed E-state index contributed by atoms with van der Waals surface area (Å²) in [6, 6.07) is 6.59. The Kier molecular flexibility index (Phi) is 4.50. The van der Waals surface area contributed by atoms with E-state index < -0.39 is 11.7 Å². The Bertz CT molecular complexity index is 939. The largest absolute Gasteiger partial charge is 0.416 e. The van der Waals surface area contributed by atoms with Crippen molar-refractivity contribution in [3.63, 3.8) is 0 Å². The molecule has 2 aromatic rings. The van der Waals surface area contributed by atoms with Crippen LogP contribution in [0, 0.1) is 0 Å². The lowest BCUT2D eigenvalue weighted by atomic mass is 10.1. The van der Waals surface area contributed by atoms with Gasteiger partial charge in [0, 0.05) is 30.0 Å². The van der Waals surface area contributed by atoms with Crippen molar-refractivity contribution < 1.29 is 22.7 Å². The van der Waals surface area contributed by atoms with Crippen LogP contribution in [-0.2, 0) is 10.9 Å². The Morgan fingerprint density at radius 3 is 2.43 bits per heavy atom. The number of hydrogen-bond donors (Lipinski definition) is 1. The Labute approximate surface area is 159 Å². The number of H-pyrrole nitrogens is 1. The number of morpholine rings is 1. The molecule has 0 spiro atoms. The minimum atomic E-state index is -4.40. The number of aromatic nitrogens is 1. The van der Waals surface area contributed by atoms with Crippen LogP contribution in [0.4, 0.5) is 24.7 Å². The van der Waals surface area contributed by atoms with E-state index in [1.54, 1.807) is 21.9 Å². The van der Waals surface area contributed by atoms with Gasteiger partial charge in [-0.25, -0.2) is 0 Å². The predicted molar refractivity (Wildman–Crippen MR) is 99.3 cm³/mol. The van der Waals surface area contributed by atoms with Crippen molar-refractivity contribution in [3.8, 4) is 0 Å². The van der Waals surface area contributed by atoms with Crippen LogP contribution in [-0.4, -0.2) is 42.1 Å². The molecule has 0 aliphatic carbocycles. The molecule has 1 saturated heterocycles. The van der Waals surface area contributed by atoms with E-state index in [-0.39, 0.29) is 5.91 Å². The Balaban J connectivity index is 1.66. The minimum absolute atomic E-state index is 0.135. The standard InChI is InChI=1S/C20H18F3N3O2/c1-13-2-3-14-12-17(19(27)25-8-10-28-11-9-25)24-18(14)26(13)16-6-4-15(5-7-16)20(21,22)23/h2-7,12,24H,1,8-11H2. The number of nitrogens with zero attached hydrogens (tertiary/aromatic N) is 2. The van der Waals surface area contributed by atoms with Crippen LogP contribution < -0.4 is 4.90 Å². The van der Waals surface area contributed by atoms with Gasteiger partial charge in [-0.1, -0.05) is 6.58 Å². The topological polar surface area (TPSA) is 48.6 Å². The van der Waals surface area contributed by atoms with E-state index in [0.717, 1.165) is 17.7 Å². The number of rotatable bonds is 2. The smallest absolute Gasteiger partial charge is 0.378 e. The van der Waals surface area contributed by atoms with Gasteiger partial charge in [0.25, 0.3) is 5.91 Å². The van der Waals surface area contributed by atoms with Crippen molar-refractivity contribution >= 4 is 23.5 Å². The van der Waals surface area contributed by atoms with Crippen LogP contribution in [0.5, 0.6) is 0 Å². The number of carbonyl (C=O) groups is 1. The van der Waals surface area contributed by atoms with Gasteiger partial charge in [-0.05, 0) is 42.5 Å². The summed E-state index contributed by atoms with van der Waals surface area (Å²) in [5.41, 5.74) is 1.58. The fraction of sp³-hybridized carbons (Fsp3) is 0.250. The van der Waals surface area contributed by atoms with E-state index in [9.17, 15) is 18.0 Å². The maximum atomic E-state index is 12.8. The summed E-state index contributed by atoms with van der Waals surface area (Å²) in [6.07, 6.45) is -0.811. The third kappa shape index (κ3) is 3.31. The SMILES string of the molecule is C=C1C=Cc2cc(C(=O)N3CCOCC3)[nH]c2N1c1ccc(C(F)(F)F)cc1. The molecule has 4 rings (SSSR count). The average Bonchev–Trinajstić information content (AvgIpc) is 3.11. The van der Waals surface area contributed by atoms with Gasteiger partial charge < -0.3 is 14.6 Å². The highest BCUT2D eigenvalue weighted by atomic mass is 19.4. The lowest BCUT2D eigenvalue weighted by Crippen LogP contribution is -2.40. The first-order valence-corrected chi connectivity index (χ1v) is 8.79. The second kappa shape index (κ2) is 6.87. The number of allylic oxidation sites excluding steroid dienone is 1. The van der Waals surface area contributed by atoms with Gasteiger partial charge in [-0.15, -0.1) is 0 Å². The molecule has 0 atom stereocenters. The molecule has 1 N–H and O–H groups in total. The van der Waals surface area contributed by atoms with Gasteiger partial charge in [0.05, 0.1) is 18.8 Å². The fourth-order valence-electron chi connectivity index (χ4n) is 3.32. The van der Waals surface area contributed by atoms with Crippen molar-refractivity contribution in [2.75, 3.05) is 31.2 Å². The summed E-state index contributed by atoms with van der Waals surface area (Å²) in [7, 11) is 0. The zero-order chi connectivity index (χ0) is 19.9. The molecule has 2 aliphatic heterocycles. The summed E-state index contributed by atoms with van der Waals surface area (Å²) >= 11 is 0. The number of hydrogen-bond acceptors (Lipinski definition) is 3. The van der Waals surface area contributed by atoms with Crippen LogP contribution in [0.3, 0.4) is 0 Å². The van der Waals surface area contributed by atoms with Gasteiger partial charge >= 0.3 is 6.18 Å². The van der Waals surface area contributed by atoms with Crippen molar-refractivity contribution in [2.45, 2.75) is 6.18 Å². The number of nitrogens with one attached hydrogen (secondary N) is 1. The van der Waals surface area contributed by atoms with Gasteiger partial charge in [0.1, 0.15) is 11.5 Å². The molecule has 0 saturated carbocycles. The number of ether oxygens (including phenoxy) is 1. The first-order chi connectivity index (χ1) is 13.3. The highest BCUT2D eigenvalue weighted by molar-refractivity contribution is 5.96. The Morgan fingerprint density at radius 2 is 1.79 bits per heavy atom. The Hall–Kier alpha value is -3.00. The summed E-state index contributed by atoms with van der Waals surface area (Å²) in [6.45, 7) is 6.02. The number of carbonyl (C=O) groups excluding carboxylic acids is 1. The van der Waals surface area contributed by atoms with E-state index in [1.807, 2.05) is 6.08 Å². The Morgan fingerprint density at radius 1 is 1.11 bits per heavy atom. The predicted octanol–water partition coefficient (Wildman–Crippen LogP) is 4.18. The molecule has 2 aliphatic rings. The average molecular weight is 389 g/mol. The zero-order valence-electron chi connectivity index (χ0n) is 14.9. The second-order valence-electron chi connectivity index (χ2n) is 6.60. The molecule has 5 nitrogen and oxygen atoms in total. The van der Waals surface area contributed by atoms with Crippen LogP contribution in [0.2, 0.25) is 0 Å².